The van der Waals surface area contributed by atoms with Crippen molar-refractivity contribution < 1.29 is 19.1 Å². The fraction of sp³-hybridized carbons (Fsp3) is 0.364. The van der Waals surface area contributed by atoms with Gasteiger partial charge in [0.25, 0.3) is 5.91 Å². The number of fused-ring (bicyclic) bond motifs is 7. The number of ketones is 1. The molecular formula is C33H33N3O4. The number of Topliss-reactive ketones (excluding diaryl/α,β-unsaturated/α-hetero) is 1. The summed E-state index contributed by atoms with van der Waals surface area (Å²) >= 11 is 0. The Morgan fingerprint density at radius 2 is 1.82 bits per heavy atom. The summed E-state index contributed by atoms with van der Waals surface area (Å²) < 4.78 is 5.86. The number of amides is 2. The number of carbonyl (C=O) groups excluding carboxylic acids is 3. The van der Waals surface area contributed by atoms with Crippen LogP contribution in [0, 0.1) is 19.8 Å². The van der Waals surface area contributed by atoms with E-state index in [0.717, 1.165) is 41.6 Å². The summed E-state index contributed by atoms with van der Waals surface area (Å²) in [5.74, 6) is -0.790. The minimum atomic E-state index is -1.44. The van der Waals surface area contributed by atoms with Crippen molar-refractivity contribution in [1.29, 1.82) is 0 Å². The van der Waals surface area contributed by atoms with Gasteiger partial charge in [0.15, 0.2) is 5.78 Å². The summed E-state index contributed by atoms with van der Waals surface area (Å²) in [6.07, 6.45) is 2.44. The summed E-state index contributed by atoms with van der Waals surface area (Å²) in [5.41, 5.74) is 2.68. The van der Waals surface area contributed by atoms with Crippen molar-refractivity contribution >= 4 is 29.0 Å². The minimum absolute atomic E-state index is 0.132. The summed E-state index contributed by atoms with van der Waals surface area (Å²) in [6, 6.07) is 18.6. The fourth-order valence-electron chi connectivity index (χ4n) is 8.03. The van der Waals surface area contributed by atoms with E-state index in [1.165, 1.54) is 0 Å². The maximum absolute atomic E-state index is 14.8. The van der Waals surface area contributed by atoms with Gasteiger partial charge in [-0.2, -0.15) is 0 Å². The lowest BCUT2D eigenvalue weighted by atomic mass is 9.57. The van der Waals surface area contributed by atoms with Gasteiger partial charge in [-0.3, -0.25) is 19.3 Å². The number of rotatable bonds is 5. The number of ether oxygens (including phenoxy) is 1. The average Bonchev–Trinajstić information content (AvgIpc) is 3.68. The zero-order chi connectivity index (χ0) is 27.8. The van der Waals surface area contributed by atoms with Gasteiger partial charge in [0.1, 0.15) is 16.7 Å². The van der Waals surface area contributed by atoms with Crippen molar-refractivity contribution in [2.75, 3.05) is 23.8 Å². The van der Waals surface area contributed by atoms with Crippen molar-refractivity contribution in [3.8, 4) is 5.75 Å². The van der Waals surface area contributed by atoms with E-state index >= 15 is 0 Å². The molecule has 3 aromatic carbocycles. The standard InChI is InChI=1S/C33H33N3O4/c1-4-17-40-22-10-7-9-21(18-22)29(37)27-26-13-8-16-36(26)33(24-15-14-19(2)20(3)28(24)35-31(33)39)32(27)23-11-5-6-12-25(23)34-30(32)38/h5-7,9-12,14-15,18,26-27H,4,8,13,16-17H2,1-3H3,(H,34,38)(H,35,39)/t26-,27-,32+,33-/m1/s1. The predicted octanol–water partition coefficient (Wildman–Crippen LogP) is 5.11. The lowest BCUT2D eigenvalue weighted by molar-refractivity contribution is -0.137. The Hall–Kier alpha value is -3.97. The van der Waals surface area contributed by atoms with Crippen LogP contribution in [0.5, 0.6) is 5.75 Å². The van der Waals surface area contributed by atoms with Gasteiger partial charge in [0.05, 0.1) is 12.5 Å². The number of hydrogen-bond donors (Lipinski definition) is 2. The first-order valence-corrected chi connectivity index (χ1v) is 14.2. The van der Waals surface area contributed by atoms with Crippen molar-refractivity contribution in [3.05, 3.63) is 88.5 Å². The highest BCUT2D eigenvalue weighted by Crippen LogP contribution is 2.68. The second kappa shape index (κ2) is 8.77. The predicted molar refractivity (Wildman–Crippen MR) is 153 cm³/mol. The van der Waals surface area contributed by atoms with Gasteiger partial charge in [0, 0.05) is 28.5 Å². The maximum atomic E-state index is 14.8. The highest BCUT2D eigenvalue weighted by molar-refractivity contribution is 6.21. The third kappa shape index (κ3) is 2.91. The molecule has 204 valence electrons. The van der Waals surface area contributed by atoms with E-state index in [-0.39, 0.29) is 23.6 Å². The number of para-hydroxylation sites is 1. The highest BCUT2D eigenvalue weighted by atomic mass is 16.5. The third-order valence-electron chi connectivity index (χ3n) is 9.68. The molecule has 4 aliphatic heterocycles. The van der Waals surface area contributed by atoms with Crippen molar-refractivity contribution in [2.45, 2.75) is 57.0 Å². The molecule has 0 aromatic heterocycles. The Kier molecular flexibility index (Phi) is 5.48. The summed E-state index contributed by atoms with van der Waals surface area (Å²) in [4.78, 5) is 46.2. The quantitative estimate of drug-likeness (QED) is 0.444. The zero-order valence-electron chi connectivity index (χ0n) is 23.0. The molecule has 0 aliphatic carbocycles. The van der Waals surface area contributed by atoms with Crippen LogP contribution < -0.4 is 15.4 Å². The molecule has 0 radical (unpaired) electrons. The third-order valence-corrected chi connectivity index (χ3v) is 9.68. The molecule has 0 bridgehead atoms. The number of benzene rings is 3. The molecule has 7 rings (SSSR count). The largest absolute Gasteiger partial charge is 0.494 e. The fourth-order valence-corrected chi connectivity index (χ4v) is 8.03. The summed E-state index contributed by atoms with van der Waals surface area (Å²) in [7, 11) is 0. The first kappa shape index (κ1) is 25.0. The number of aryl methyl sites for hydroxylation is 1. The van der Waals surface area contributed by atoms with E-state index in [9.17, 15) is 14.4 Å². The Morgan fingerprint density at radius 1 is 1.00 bits per heavy atom. The van der Waals surface area contributed by atoms with Crippen LogP contribution in [0.15, 0.2) is 60.7 Å². The average molecular weight is 536 g/mol. The lowest BCUT2D eigenvalue weighted by Gasteiger charge is -2.43. The molecule has 4 heterocycles. The van der Waals surface area contributed by atoms with Crippen LogP contribution in [0.2, 0.25) is 0 Å². The van der Waals surface area contributed by atoms with Crippen LogP contribution in [-0.4, -0.2) is 41.7 Å². The molecule has 2 N–H and O–H groups in total. The van der Waals surface area contributed by atoms with E-state index in [4.69, 9.17) is 4.74 Å². The molecule has 7 nitrogen and oxygen atoms in total. The van der Waals surface area contributed by atoms with Crippen molar-refractivity contribution in [3.63, 3.8) is 0 Å². The van der Waals surface area contributed by atoms with Gasteiger partial charge in [-0.25, -0.2) is 0 Å². The first-order chi connectivity index (χ1) is 19.4. The number of nitrogens with one attached hydrogen (secondary N) is 2. The van der Waals surface area contributed by atoms with E-state index in [2.05, 4.69) is 15.5 Å². The van der Waals surface area contributed by atoms with Crippen LogP contribution in [-0.2, 0) is 20.5 Å². The number of anilines is 2. The van der Waals surface area contributed by atoms with Crippen LogP contribution in [0.4, 0.5) is 11.4 Å². The molecule has 4 aliphatic rings. The van der Waals surface area contributed by atoms with Gasteiger partial charge in [-0.05, 0) is 74.5 Å². The molecule has 40 heavy (non-hydrogen) atoms. The van der Waals surface area contributed by atoms with Crippen LogP contribution in [0.3, 0.4) is 0 Å². The SMILES string of the molecule is CCCOc1cccc(C(=O)[C@H]2[C@H]3CCCN3[C@]3(C(=O)Nc4c3ccc(C)c4C)[C@]23C(=O)Nc2ccccc23)c1. The molecule has 4 atom stereocenters. The van der Waals surface area contributed by atoms with E-state index < -0.39 is 16.9 Å². The van der Waals surface area contributed by atoms with E-state index in [1.807, 2.05) is 69.3 Å². The number of hydrogen-bond acceptors (Lipinski definition) is 5. The molecule has 2 saturated heterocycles. The van der Waals surface area contributed by atoms with E-state index in [1.54, 1.807) is 12.1 Å². The molecule has 0 saturated carbocycles. The number of nitrogens with zero attached hydrogens (tertiary/aromatic N) is 1. The topological polar surface area (TPSA) is 87.7 Å². The molecule has 3 aromatic rings. The van der Waals surface area contributed by atoms with Crippen LogP contribution in [0.1, 0.15) is 58.8 Å². The molecule has 2 spiro atoms. The summed E-state index contributed by atoms with van der Waals surface area (Å²) in [5, 5.41) is 6.30. The van der Waals surface area contributed by atoms with Crippen LogP contribution in [0.25, 0.3) is 0 Å². The molecule has 2 fully saturated rings. The normalized spacial score (nSPS) is 28.0. The highest BCUT2D eigenvalue weighted by Gasteiger charge is 2.81. The molecule has 7 heteroatoms. The molecular weight excluding hydrogens is 502 g/mol. The Labute approximate surface area is 233 Å². The lowest BCUT2D eigenvalue weighted by Crippen LogP contribution is -2.62. The number of carbonyl (C=O) groups is 3. The van der Waals surface area contributed by atoms with E-state index in [0.29, 0.717) is 35.7 Å². The molecule has 0 unspecified atom stereocenters. The van der Waals surface area contributed by atoms with Crippen LogP contribution >= 0.6 is 0 Å². The Bertz CT molecular complexity index is 1600. The first-order valence-electron chi connectivity index (χ1n) is 14.2. The second-order valence-electron chi connectivity index (χ2n) is 11.5. The van der Waals surface area contributed by atoms with Crippen molar-refractivity contribution in [1.82, 2.24) is 4.90 Å². The summed E-state index contributed by atoms with van der Waals surface area (Å²) in [6.45, 7) is 7.24. The van der Waals surface area contributed by atoms with Gasteiger partial charge < -0.3 is 15.4 Å². The monoisotopic (exact) mass is 535 g/mol. The van der Waals surface area contributed by atoms with Crippen molar-refractivity contribution in [2.24, 2.45) is 5.92 Å². The van der Waals surface area contributed by atoms with Gasteiger partial charge in [-0.15, -0.1) is 0 Å². The Morgan fingerprint density at radius 3 is 2.65 bits per heavy atom. The van der Waals surface area contributed by atoms with Gasteiger partial charge in [-0.1, -0.05) is 49.4 Å². The second-order valence-corrected chi connectivity index (χ2v) is 11.5. The Balaban J connectivity index is 1.52. The zero-order valence-corrected chi connectivity index (χ0v) is 23.0. The minimum Gasteiger partial charge on any atom is -0.494 e. The molecule has 2 amide bonds. The smallest absolute Gasteiger partial charge is 0.251 e. The maximum Gasteiger partial charge on any atom is 0.251 e. The van der Waals surface area contributed by atoms with Gasteiger partial charge >= 0.3 is 0 Å². The van der Waals surface area contributed by atoms with Gasteiger partial charge in [0.2, 0.25) is 5.91 Å².